The van der Waals surface area contributed by atoms with Gasteiger partial charge in [-0.3, -0.25) is 0 Å². The van der Waals surface area contributed by atoms with Crippen molar-refractivity contribution in [1.82, 2.24) is 0 Å². The number of aryl methyl sites for hydroxylation is 1. The molecule has 112 valence electrons. The number of nitrogens with two attached hydrogens (primary N) is 1. The van der Waals surface area contributed by atoms with E-state index < -0.39 is 0 Å². The summed E-state index contributed by atoms with van der Waals surface area (Å²) >= 11 is 6.27. The maximum atomic E-state index is 6.27. The highest BCUT2D eigenvalue weighted by Crippen LogP contribution is 2.29. The maximum absolute atomic E-state index is 6.27. The van der Waals surface area contributed by atoms with Gasteiger partial charge in [0.15, 0.2) is 0 Å². The summed E-state index contributed by atoms with van der Waals surface area (Å²) in [6.45, 7) is 7.37. The van der Waals surface area contributed by atoms with Gasteiger partial charge in [-0.25, -0.2) is 0 Å². The van der Waals surface area contributed by atoms with Crippen LogP contribution >= 0.6 is 11.6 Å². The van der Waals surface area contributed by atoms with Crippen LogP contribution in [0.3, 0.4) is 0 Å². The third kappa shape index (κ3) is 3.99. The lowest BCUT2D eigenvalue weighted by Gasteiger charge is -2.15. The Kier molecular flexibility index (Phi) is 5.27. The zero-order valence-corrected chi connectivity index (χ0v) is 13.6. The first-order chi connectivity index (χ1) is 10.0. The first kappa shape index (κ1) is 15.9. The Morgan fingerprint density at radius 3 is 2.52 bits per heavy atom. The molecular formula is C18H22ClNO. The van der Waals surface area contributed by atoms with Crippen LogP contribution in [-0.2, 0) is 13.2 Å². The normalized spacial score (nSPS) is 11.0. The Bertz CT molecular complexity index is 623. The average molecular weight is 304 g/mol. The van der Waals surface area contributed by atoms with E-state index in [0.717, 1.165) is 16.9 Å². The Labute approximate surface area is 131 Å². The number of ether oxygens (including phenoxy) is 1. The van der Waals surface area contributed by atoms with E-state index in [1.54, 1.807) is 0 Å². The summed E-state index contributed by atoms with van der Waals surface area (Å²) in [5.74, 6) is 1.36. The molecule has 0 spiro atoms. The SMILES string of the molecule is Cc1ccc(C(C)C)c(OCc2ccc(CN)cc2Cl)c1. The van der Waals surface area contributed by atoms with E-state index >= 15 is 0 Å². The van der Waals surface area contributed by atoms with Crippen molar-refractivity contribution in [3.8, 4) is 5.75 Å². The van der Waals surface area contributed by atoms with E-state index in [1.165, 1.54) is 11.1 Å². The molecule has 0 amide bonds. The molecule has 0 heterocycles. The lowest BCUT2D eigenvalue weighted by Crippen LogP contribution is -2.02. The van der Waals surface area contributed by atoms with Crippen molar-refractivity contribution in [2.75, 3.05) is 0 Å². The summed E-state index contributed by atoms with van der Waals surface area (Å²) in [6, 6.07) is 12.2. The highest BCUT2D eigenvalue weighted by molar-refractivity contribution is 6.31. The smallest absolute Gasteiger partial charge is 0.123 e. The van der Waals surface area contributed by atoms with Crippen LogP contribution in [0.5, 0.6) is 5.75 Å². The first-order valence-electron chi connectivity index (χ1n) is 7.22. The topological polar surface area (TPSA) is 35.2 Å². The summed E-state index contributed by atoms with van der Waals surface area (Å²) in [4.78, 5) is 0. The van der Waals surface area contributed by atoms with Crippen LogP contribution in [0.15, 0.2) is 36.4 Å². The lowest BCUT2D eigenvalue weighted by atomic mass is 10.0. The molecule has 0 aliphatic heterocycles. The molecule has 0 saturated carbocycles. The Balaban J connectivity index is 2.18. The average Bonchev–Trinajstić information content (AvgIpc) is 2.45. The molecule has 3 heteroatoms. The monoisotopic (exact) mass is 303 g/mol. The highest BCUT2D eigenvalue weighted by atomic mass is 35.5. The second-order valence-electron chi connectivity index (χ2n) is 5.61. The number of benzene rings is 2. The van der Waals surface area contributed by atoms with Gasteiger partial charge in [-0.2, -0.15) is 0 Å². The molecule has 0 saturated heterocycles. The van der Waals surface area contributed by atoms with Crippen molar-refractivity contribution in [1.29, 1.82) is 0 Å². The zero-order chi connectivity index (χ0) is 15.4. The Morgan fingerprint density at radius 1 is 1.14 bits per heavy atom. The van der Waals surface area contributed by atoms with Crippen molar-refractivity contribution in [3.63, 3.8) is 0 Å². The fourth-order valence-corrected chi connectivity index (χ4v) is 2.49. The molecule has 0 aromatic heterocycles. The van der Waals surface area contributed by atoms with Gasteiger partial charge < -0.3 is 10.5 Å². The Morgan fingerprint density at radius 2 is 1.90 bits per heavy atom. The molecule has 2 aromatic rings. The van der Waals surface area contributed by atoms with Gasteiger partial charge in [-0.05, 0) is 41.7 Å². The van der Waals surface area contributed by atoms with Gasteiger partial charge in [0, 0.05) is 17.1 Å². The molecule has 0 radical (unpaired) electrons. The number of hydrogen-bond acceptors (Lipinski definition) is 2. The van der Waals surface area contributed by atoms with Crippen molar-refractivity contribution >= 4 is 11.6 Å². The van der Waals surface area contributed by atoms with E-state index in [-0.39, 0.29) is 0 Å². The van der Waals surface area contributed by atoms with E-state index in [2.05, 4.69) is 39.0 Å². The van der Waals surface area contributed by atoms with Crippen LogP contribution < -0.4 is 10.5 Å². The van der Waals surface area contributed by atoms with Crippen molar-refractivity contribution in [2.24, 2.45) is 5.73 Å². The molecular weight excluding hydrogens is 282 g/mol. The second kappa shape index (κ2) is 6.97. The highest BCUT2D eigenvalue weighted by Gasteiger charge is 2.09. The van der Waals surface area contributed by atoms with Gasteiger partial charge in [0.25, 0.3) is 0 Å². The van der Waals surface area contributed by atoms with Crippen molar-refractivity contribution in [3.05, 3.63) is 63.7 Å². The van der Waals surface area contributed by atoms with E-state index in [0.29, 0.717) is 24.1 Å². The molecule has 2 aromatic carbocycles. The summed E-state index contributed by atoms with van der Waals surface area (Å²) in [5, 5.41) is 0.705. The number of rotatable bonds is 5. The predicted molar refractivity (Wildman–Crippen MR) is 88.9 cm³/mol. The van der Waals surface area contributed by atoms with Gasteiger partial charge in [0.2, 0.25) is 0 Å². The van der Waals surface area contributed by atoms with E-state index in [1.807, 2.05) is 18.2 Å². The van der Waals surface area contributed by atoms with Crippen LogP contribution in [0.4, 0.5) is 0 Å². The minimum Gasteiger partial charge on any atom is -0.489 e. The molecule has 0 bridgehead atoms. The number of halogens is 1. The van der Waals surface area contributed by atoms with E-state index in [4.69, 9.17) is 22.1 Å². The minimum atomic E-state index is 0.427. The molecule has 2 N–H and O–H groups in total. The van der Waals surface area contributed by atoms with E-state index in [9.17, 15) is 0 Å². The van der Waals surface area contributed by atoms with Gasteiger partial charge in [0.1, 0.15) is 12.4 Å². The minimum absolute atomic E-state index is 0.427. The Hall–Kier alpha value is -1.51. The van der Waals surface area contributed by atoms with Crippen LogP contribution in [0.1, 0.15) is 42.0 Å². The molecule has 0 atom stereocenters. The fourth-order valence-electron chi connectivity index (χ4n) is 2.23. The standard InChI is InChI=1S/C18H22ClNO/c1-12(2)16-7-4-13(3)8-18(16)21-11-15-6-5-14(10-20)9-17(15)19/h4-9,12H,10-11,20H2,1-3H3. The second-order valence-corrected chi connectivity index (χ2v) is 6.02. The predicted octanol–water partition coefficient (Wildman–Crippen LogP) is 4.81. The van der Waals surface area contributed by atoms with Gasteiger partial charge in [0.05, 0.1) is 0 Å². The quantitative estimate of drug-likeness (QED) is 0.860. The van der Waals surface area contributed by atoms with Crippen LogP contribution in [0.2, 0.25) is 5.02 Å². The van der Waals surface area contributed by atoms with Crippen LogP contribution in [-0.4, -0.2) is 0 Å². The molecule has 2 rings (SSSR count). The molecule has 0 fully saturated rings. The summed E-state index contributed by atoms with van der Waals surface area (Å²) in [5.41, 5.74) is 10.0. The third-order valence-electron chi connectivity index (χ3n) is 3.53. The molecule has 0 unspecified atom stereocenters. The summed E-state index contributed by atoms with van der Waals surface area (Å²) < 4.78 is 6.00. The largest absolute Gasteiger partial charge is 0.489 e. The number of hydrogen-bond donors (Lipinski definition) is 1. The zero-order valence-electron chi connectivity index (χ0n) is 12.8. The molecule has 0 aliphatic carbocycles. The van der Waals surface area contributed by atoms with Gasteiger partial charge >= 0.3 is 0 Å². The van der Waals surface area contributed by atoms with Crippen LogP contribution in [0.25, 0.3) is 0 Å². The molecule has 2 nitrogen and oxygen atoms in total. The van der Waals surface area contributed by atoms with Crippen LogP contribution in [0, 0.1) is 6.92 Å². The van der Waals surface area contributed by atoms with Crippen molar-refractivity contribution in [2.45, 2.75) is 39.8 Å². The van der Waals surface area contributed by atoms with Gasteiger partial charge in [-0.15, -0.1) is 0 Å². The fraction of sp³-hybridized carbons (Fsp3) is 0.333. The molecule has 21 heavy (non-hydrogen) atoms. The third-order valence-corrected chi connectivity index (χ3v) is 3.88. The molecule has 0 aliphatic rings. The maximum Gasteiger partial charge on any atom is 0.123 e. The summed E-state index contributed by atoms with van der Waals surface area (Å²) in [7, 11) is 0. The first-order valence-corrected chi connectivity index (χ1v) is 7.59. The lowest BCUT2D eigenvalue weighted by molar-refractivity contribution is 0.301. The van der Waals surface area contributed by atoms with Gasteiger partial charge in [-0.1, -0.05) is 49.7 Å². The van der Waals surface area contributed by atoms with Crippen molar-refractivity contribution < 1.29 is 4.74 Å². The summed E-state index contributed by atoms with van der Waals surface area (Å²) in [6.07, 6.45) is 0.